The Balaban J connectivity index is 2.09. The molecule has 0 saturated carbocycles. The second-order valence-electron chi connectivity index (χ2n) is 3.24. The first kappa shape index (κ1) is 5.77. The number of nitrogens with zero attached hydrogens (tertiary/aromatic N) is 1. The fourth-order valence-electron chi connectivity index (χ4n) is 1.82. The molecular weight excluding hydrogens is 140 g/mol. The van der Waals surface area contributed by atoms with Crippen molar-refractivity contribution in [3.63, 3.8) is 0 Å². The molecule has 0 radical (unpaired) electrons. The number of epoxide rings is 1. The molecule has 1 aromatic heterocycles. The molecule has 2 heterocycles. The SMILES string of the molecule is C1Cc2[nH]nc([C@H]3CO3)c2C1. The number of hydrogen-bond acceptors (Lipinski definition) is 2. The average Bonchev–Trinajstić information content (AvgIpc) is 2.63. The minimum absolute atomic E-state index is 0.327. The Labute approximate surface area is 64.8 Å². The Morgan fingerprint density at radius 1 is 1.45 bits per heavy atom. The number of aromatic nitrogens is 2. The lowest BCUT2D eigenvalue weighted by molar-refractivity contribution is 0.410. The molecule has 1 fully saturated rings. The third-order valence-corrected chi connectivity index (χ3v) is 2.48. The van der Waals surface area contributed by atoms with Gasteiger partial charge < -0.3 is 4.74 Å². The van der Waals surface area contributed by atoms with Gasteiger partial charge in [-0.05, 0) is 24.8 Å². The van der Waals surface area contributed by atoms with Gasteiger partial charge in [0, 0.05) is 5.69 Å². The first-order valence-corrected chi connectivity index (χ1v) is 4.13. The van der Waals surface area contributed by atoms with Crippen molar-refractivity contribution >= 4 is 0 Å². The van der Waals surface area contributed by atoms with Crippen molar-refractivity contribution in [2.75, 3.05) is 6.61 Å². The van der Waals surface area contributed by atoms with Gasteiger partial charge in [0.05, 0.1) is 12.3 Å². The van der Waals surface area contributed by atoms with Crippen LogP contribution in [0, 0.1) is 0 Å². The van der Waals surface area contributed by atoms with Gasteiger partial charge in [0.2, 0.25) is 0 Å². The van der Waals surface area contributed by atoms with Crippen molar-refractivity contribution < 1.29 is 4.74 Å². The summed E-state index contributed by atoms with van der Waals surface area (Å²) >= 11 is 0. The van der Waals surface area contributed by atoms with E-state index in [1.807, 2.05) is 0 Å². The Kier molecular flexibility index (Phi) is 0.973. The fourth-order valence-corrected chi connectivity index (χ4v) is 1.82. The second-order valence-corrected chi connectivity index (χ2v) is 3.24. The van der Waals surface area contributed by atoms with E-state index in [2.05, 4.69) is 10.2 Å². The second kappa shape index (κ2) is 1.85. The van der Waals surface area contributed by atoms with E-state index in [1.165, 1.54) is 36.2 Å². The molecule has 0 unspecified atom stereocenters. The van der Waals surface area contributed by atoms with Gasteiger partial charge in [-0.1, -0.05) is 0 Å². The number of nitrogens with one attached hydrogen (secondary N) is 1. The van der Waals surface area contributed by atoms with Crippen LogP contribution in [0.1, 0.15) is 29.5 Å². The molecule has 2 aliphatic rings. The third-order valence-electron chi connectivity index (χ3n) is 2.48. The summed E-state index contributed by atoms with van der Waals surface area (Å²) in [5, 5.41) is 7.33. The summed E-state index contributed by atoms with van der Waals surface area (Å²) < 4.78 is 5.20. The molecule has 3 nitrogen and oxygen atoms in total. The van der Waals surface area contributed by atoms with Crippen LogP contribution in [0.25, 0.3) is 0 Å². The molecular formula is C8H10N2O. The summed E-state index contributed by atoms with van der Waals surface area (Å²) in [4.78, 5) is 0. The zero-order valence-electron chi connectivity index (χ0n) is 6.26. The van der Waals surface area contributed by atoms with Crippen LogP contribution in [0.4, 0.5) is 0 Å². The number of H-pyrrole nitrogens is 1. The van der Waals surface area contributed by atoms with E-state index in [1.54, 1.807) is 0 Å². The van der Waals surface area contributed by atoms with Crippen LogP contribution in [-0.4, -0.2) is 16.8 Å². The molecule has 1 aliphatic heterocycles. The number of aromatic amines is 1. The smallest absolute Gasteiger partial charge is 0.125 e. The maximum absolute atomic E-state index is 5.20. The van der Waals surface area contributed by atoms with Gasteiger partial charge in [-0.15, -0.1) is 0 Å². The monoisotopic (exact) mass is 150 g/mol. The summed E-state index contributed by atoms with van der Waals surface area (Å²) in [5.41, 5.74) is 3.96. The summed E-state index contributed by atoms with van der Waals surface area (Å²) in [7, 11) is 0. The minimum atomic E-state index is 0.327. The molecule has 3 heteroatoms. The van der Waals surface area contributed by atoms with Gasteiger partial charge in [0.25, 0.3) is 0 Å². The summed E-state index contributed by atoms with van der Waals surface area (Å²) in [5.74, 6) is 0. The highest BCUT2D eigenvalue weighted by Gasteiger charge is 2.32. The van der Waals surface area contributed by atoms with E-state index in [0.717, 1.165) is 6.61 Å². The van der Waals surface area contributed by atoms with Crippen molar-refractivity contribution in [3.8, 4) is 0 Å². The van der Waals surface area contributed by atoms with Gasteiger partial charge in [-0.3, -0.25) is 5.10 Å². The average molecular weight is 150 g/mol. The van der Waals surface area contributed by atoms with E-state index in [4.69, 9.17) is 4.74 Å². The standard InChI is InChI=1S/C8H10N2O/c1-2-5-6(3-1)9-10-8(5)7-4-11-7/h7H,1-4H2,(H,9,10)/t7-/m1/s1. The molecule has 1 saturated heterocycles. The molecule has 1 aromatic rings. The van der Waals surface area contributed by atoms with Crippen molar-refractivity contribution in [2.24, 2.45) is 0 Å². The topological polar surface area (TPSA) is 41.2 Å². The van der Waals surface area contributed by atoms with E-state index < -0.39 is 0 Å². The normalized spacial score (nSPS) is 27.1. The highest BCUT2D eigenvalue weighted by molar-refractivity contribution is 5.32. The van der Waals surface area contributed by atoms with E-state index in [-0.39, 0.29) is 0 Å². The van der Waals surface area contributed by atoms with E-state index in [0.29, 0.717) is 6.10 Å². The third kappa shape index (κ3) is 0.744. The van der Waals surface area contributed by atoms with Crippen LogP contribution in [0.15, 0.2) is 0 Å². The van der Waals surface area contributed by atoms with Gasteiger partial charge in [0.15, 0.2) is 0 Å². The Bertz CT molecular complexity index is 288. The molecule has 58 valence electrons. The number of fused-ring (bicyclic) bond motifs is 1. The van der Waals surface area contributed by atoms with Crippen molar-refractivity contribution in [1.29, 1.82) is 0 Å². The number of ether oxygens (including phenoxy) is 1. The predicted octanol–water partition coefficient (Wildman–Crippen LogP) is 0.970. The van der Waals surface area contributed by atoms with Crippen molar-refractivity contribution in [2.45, 2.75) is 25.4 Å². The molecule has 3 rings (SSSR count). The van der Waals surface area contributed by atoms with Gasteiger partial charge in [-0.2, -0.15) is 5.10 Å². The largest absolute Gasteiger partial charge is 0.366 e. The molecule has 0 aromatic carbocycles. The molecule has 0 bridgehead atoms. The number of aryl methyl sites for hydroxylation is 1. The maximum Gasteiger partial charge on any atom is 0.125 e. The first-order chi connectivity index (χ1) is 5.45. The summed E-state index contributed by atoms with van der Waals surface area (Å²) in [6.07, 6.45) is 3.98. The van der Waals surface area contributed by atoms with Crippen LogP contribution < -0.4 is 0 Å². The number of rotatable bonds is 1. The Morgan fingerprint density at radius 2 is 2.36 bits per heavy atom. The zero-order valence-corrected chi connectivity index (χ0v) is 6.26. The van der Waals surface area contributed by atoms with Crippen LogP contribution in [-0.2, 0) is 17.6 Å². The van der Waals surface area contributed by atoms with Crippen molar-refractivity contribution in [1.82, 2.24) is 10.2 Å². The van der Waals surface area contributed by atoms with Crippen LogP contribution in [0.5, 0.6) is 0 Å². The lowest BCUT2D eigenvalue weighted by Crippen LogP contribution is -1.86. The number of hydrogen-bond donors (Lipinski definition) is 1. The Morgan fingerprint density at radius 3 is 3.18 bits per heavy atom. The zero-order chi connectivity index (χ0) is 7.26. The molecule has 0 amide bonds. The Hall–Kier alpha value is -0.830. The van der Waals surface area contributed by atoms with Crippen LogP contribution in [0.2, 0.25) is 0 Å². The molecule has 1 aliphatic carbocycles. The van der Waals surface area contributed by atoms with Crippen molar-refractivity contribution in [3.05, 3.63) is 17.0 Å². The highest BCUT2D eigenvalue weighted by Crippen LogP contribution is 2.34. The molecule has 11 heavy (non-hydrogen) atoms. The van der Waals surface area contributed by atoms with Crippen LogP contribution >= 0.6 is 0 Å². The van der Waals surface area contributed by atoms with Gasteiger partial charge in [-0.25, -0.2) is 0 Å². The highest BCUT2D eigenvalue weighted by atomic mass is 16.6. The molecule has 1 atom stereocenters. The van der Waals surface area contributed by atoms with Crippen LogP contribution in [0.3, 0.4) is 0 Å². The quantitative estimate of drug-likeness (QED) is 0.606. The lowest BCUT2D eigenvalue weighted by atomic mass is 10.1. The van der Waals surface area contributed by atoms with E-state index in [9.17, 15) is 0 Å². The first-order valence-electron chi connectivity index (χ1n) is 4.13. The van der Waals surface area contributed by atoms with Gasteiger partial charge in [0.1, 0.15) is 6.10 Å². The maximum atomic E-state index is 5.20. The summed E-state index contributed by atoms with van der Waals surface area (Å²) in [6.45, 7) is 0.872. The fraction of sp³-hybridized carbons (Fsp3) is 0.625. The minimum Gasteiger partial charge on any atom is -0.366 e. The van der Waals surface area contributed by atoms with E-state index >= 15 is 0 Å². The predicted molar refractivity (Wildman–Crippen MR) is 39.3 cm³/mol. The molecule has 0 spiro atoms. The lowest BCUT2D eigenvalue weighted by Gasteiger charge is -1.90. The van der Waals surface area contributed by atoms with Gasteiger partial charge >= 0.3 is 0 Å². The molecule has 1 N–H and O–H groups in total. The summed E-state index contributed by atoms with van der Waals surface area (Å²) in [6, 6.07) is 0.